The van der Waals surface area contributed by atoms with Crippen LogP contribution in [0.5, 0.6) is 5.75 Å². The summed E-state index contributed by atoms with van der Waals surface area (Å²) in [5.41, 5.74) is 5.91. The van der Waals surface area contributed by atoms with Crippen molar-refractivity contribution in [2.24, 2.45) is 0 Å². The van der Waals surface area contributed by atoms with Gasteiger partial charge in [0.1, 0.15) is 17.1 Å². The Hall–Kier alpha value is -3.67. The first-order valence-corrected chi connectivity index (χ1v) is 13.8. The molecule has 0 aliphatic rings. The van der Waals surface area contributed by atoms with Gasteiger partial charge in [0.2, 0.25) is 0 Å². The van der Waals surface area contributed by atoms with E-state index in [9.17, 15) is 0 Å². The molecular formula is C31H37N5O. The molecule has 5 aromatic rings. The van der Waals surface area contributed by atoms with Crippen LogP contribution in [0.1, 0.15) is 59.3 Å². The topological polar surface area (TPSA) is 57.8 Å². The van der Waals surface area contributed by atoms with Gasteiger partial charge in [0.15, 0.2) is 11.6 Å². The molecule has 0 bridgehead atoms. The van der Waals surface area contributed by atoms with Crippen molar-refractivity contribution in [3.05, 3.63) is 60.7 Å². The van der Waals surface area contributed by atoms with Crippen molar-refractivity contribution < 1.29 is 4.74 Å². The summed E-state index contributed by atoms with van der Waals surface area (Å²) < 4.78 is 10.9. The summed E-state index contributed by atoms with van der Waals surface area (Å²) in [7, 11) is 0. The van der Waals surface area contributed by atoms with Crippen molar-refractivity contribution in [1.82, 2.24) is 24.1 Å². The molecule has 6 nitrogen and oxygen atoms in total. The Morgan fingerprint density at radius 3 is 1.59 bits per heavy atom. The van der Waals surface area contributed by atoms with Crippen molar-refractivity contribution >= 4 is 22.1 Å². The minimum Gasteiger partial charge on any atom is -0.493 e. The first-order chi connectivity index (χ1) is 18.2. The highest BCUT2D eigenvalue weighted by molar-refractivity contribution is 5.82. The van der Waals surface area contributed by atoms with Crippen LogP contribution in [-0.2, 0) is 13.1 Å². The quantitative estimate of drug-likeness (QED) is 0.165. The summed E-state index contributed by atoms with van der Waals surface area (Å²) in [5, 5.41) is 0. The summed E-state index contributed by atoms with van der Waals surface area (Å²) in [5.74, 6) is 2.58. The van der Waals surface area contributed by atoms with Crippen LogP contribution >= 0.6 is 0 Å². The van der Waals surface area contributed by atoms with Gasteiger partial charge >= 0.3 is 0 Å². The summed E-state index contributed by atoms with van der Waals surface area (Å²) in [4.78, 5) is 15.3. The number of aryl methyl sites for hydroxylation is 2. The second kappa shape index (κ2) is 11.6. The van der Waals surface area contributed by atoms with Gasteiger partial charge in [-0.25, -0.2) is 15.0 Å². The van der Waals surface area contributed by atoms with E-state index in [-0.39, 0.29) is 0 Å². The van der Waals surface area contributed by atoms with Crippen LogP contribution in [0, 0.1) is 0 Å². The summed E-state index contributed by atoms with van der Waals surface area (Å²) in [6.45, 7) is 9.10. The molecule has 3 heterocycles. The minimum atomic E-state index is 0.678. The zero-order chi connectivity index (χ0) is 25.6. The smallest absolute Gasteiger partial charge is 0.159 e. The average Bonchev–Trinajstić information content (AvgIpc) is 3.49. The van der Waals surface area contributed by atoms with Crippen LogP contribution in [0.2, 0.25) is 0 Å². The third-order valence-electron chi connectivity index (χ3n) is 6.80. The summed E-state index contributed by atoms with van der Waals surface area (Å²) in [6, 6.07) is 20.8. The Kier molecular flexibility index (Phi) is 7.83. The van der Waals surface area contributed by atoms with Crippen molar-refractivity contribution in [3.63, 3.8) is 0 Å². The number of unbranched alkanes of at least 4 members (excludes halogenated alkanes) is 3. The molecule has 0 saturated carbocycles. The predicted octanol–water partition coefficient (Wildman–Crippen LogP) is 7.89. The number of ether oxygens (including phenoxy) is 1. The molecule has 5 rings (SSSR count). The van der Waals surface area contributed by atoms with E-state index in [4.69, 9.17) is 19.7 Å². The van der Waals surface area contributed by atoms with Crippen LogP contribution in [0.15, 0.2) is 60.7 Å². The maximum Gasteiger partial charge on any atom is 0.159 e. The van der Waals surface area contributed by atoms with Crippen molar-refractivity contribution in [2.45, 2.75) is 72.4 Å². The summed E-state index contributed by atoms with van der Waals surface area (Å²) in [6.07, 6.45) is 6.50. The second-order valence-electron chi connectivity index (χ2n) is 9.63. The molecule has 0 radical (unpaired) electrons. The highest BCUT2D eigenvalue weighted by Crippen LogP contribution is 2.32. The fourth-order valence-corrected chi connectivity index (χ4v) is 4.78. The van der Waals surface area contributed by atoms with Gasteiger partial charge in [0.05, 0.1) is 28.7 Å². The second-order valence-corrected chi connectivity index (χ2v) is 9.63. The van der Waals surface area contributed by atoms with E-state index < -0.39 is 0 Å². The van der Waals surface area contributed by atoms with E-state index in [0.717, 1.165) is 102 Å². The van der Waals surface area contributed by atoms with Gasteiger partial charge in [-0.15, -0.1) is 0 Å². The highest BCUT2D eigenvalue weighted by Gasteiger charge is 2.19. The molecule has 0 amide bonds. The van der Waals surface area contributed by atoms with Crippen molar-refractivity contribution in [1.29, 1.82) is 0 Å². The molecule has 192 valence electrons. The van der Waals surface area contributed by atoms with Crippen LogP contribution in [0.3, 0.4) is 0 Å². The van der Waals surface area contributed by atoms with Gasteiger partial charge in [0.25, 0.3) is 0 Å². The fraction of sp³-hybridized carbons (Fsp3) is 0.387. The van der Waals surface area contributed by atoms with Gasteiger partial charge in [0, 0.05) is 25.2 Å². The lowest BCUT2D eigenvalue weighted by molar-refractivity contribution is 0.309. The molecule has 0 N–H and O–H groups in total. The normalized spacial score (nSPS) is 11.5. The third kappa shape index (κ3) is 5.24. The fourth-order valence-electron chi connectivity index (χ4n) is 4.78. The molecule has 0 aliphatic heterocycles. The number of aromatic nitrogens is 5. The average molecular weight is 496 g/mol. The van der Waals surface area contributed by atoms with Gasteiger partial charge in [-0.05, 0) is 43.5 Å². The zero-order valence-corrected chi connectivity index (χ0v) is 22.3. The molecule has 0 atom stereocenters. The van der Waals surface area contributed by atoms with Gasteiger partial charge in [-0.1, -0.05) is 64.3 Å². The monoisotopic (exact) mass is 495 g/mol. The van der Waals surface area contributed by atoms with E-state index in [2.05, 4.69) is 66.3 Å². The summed E-state index contributed by atoms with van der Waals surface area (Å²) >= 11 is 0. The molecule has 0 unspecified atom stereocenters. The van der Waals surface area contributed by atoms with E-state index in [1.165, 1.54) is 0 Å². The number of benzene rings is 2. The maximum atomic E-state index is 6.25. The number of hydrogen-bond donors (Lipinski definition) is 0. The number of rotatable bonds is 12. The molecule has 0 fully saturated rings. The van der Waals surface area contributed by atoms with Crippen molar-refractivity contribution in [2.75, 3.05) is 6.61 Å². The largest absolute Gasteiger partial charge is 0.493 e. The number of fused-ring (bicyclic) bond motifs is 2. The number of para-hydroxylation sites is 4. The maximum absolute atomic E-state index is 6.25. The minimum absolute atomic E-state index is 0.678. The molecule has 37 heavy (non-hydrogen) atoms. The van der Waals surface area contributed by atoms with Crippen molar-refractivity contribution in [3.8, 4) is 28.8 Å². The molecule has 6 heteroatoms. The number of hydrogen-bond acceptors (Lipinski definition) is 4. The van der Waals surface area contributed by atoms with Crippen LogP contribution in [0.4, 0.5) is 0 Å². The van der Waals surface area contributed by atoms with E-state index in [0.29, 0.717) is 6.61 Å². The Morgan fingerprint density at radius 2 is 1.11 bits per heavy atom. The first-order valence-electron chi connectivity index (χ1n) is 13.8. The van der Waals surface area contributed by atoms with Gasteiger partial charge in [-0.2, -0.15) is 0 Å². The zero-order valence-electron chi connectivity index (χ0n) is 22.3. The Morgan fingerprint density at radius 1 is 0.622 bits per heavy atom. The molecule has 0 spiro atoms. The van der Waals surface area contributed by atoms with E-state index >= 15 is 0 Å². The lowest BCUT2D eigenvalue weighted by Gasteiger charge is -2.13. The van der Waals surface area contributed by atoms with Gasteiger partial charge < -0.3 is 13.9 Å². The molecular weight excluding hydrogens is 458 g/mol. The number of pyridine rings is 1. The SMILES string of the molecule is CCCCOc1cc(-c2nc3ccccc3n2CCCC)nc(-c2nc3ccccc3n2CCCC)c1. The number of imidazole rings is 2. The Bertz CT molecular complexity index is 1380. The van der Waals surface area contributed by atoms with Crippen LogP contribution in [-0.4, -0.2) is 30.7 Å². The first kappa shape index (κ1) is 25.0. The molecule has 2 aromatic carbocycles. The van der Waals surface area contributed by atoms with Crippen LogP contribution < -0.4 is 4.74 Å². The van der Waals surface area contributed by atoms with Crippen LogP contribution in [0.25, 0.3) is 45.1 Å². The predicted molar refractivity (Wildman–Crippen MR) is 152 cm³/mol. The standard InChI is InChI=1S/C31H37N5O/c1-4-7-18-35-28-16-12-10-14-24(28)33-30(35)26-21-23(37-20-9-6-3)22-27(32-26)31-34-25-15-11-13-17-29(25)36(31)19-8-5-2/h10-17,21-22H,4-9,18-20H2,1-3H3. The lowest BCUT2D eigenvalue weighted by atomic mass is 10.2. The molecule has 0 aliphatic carbocycles. The third-order valence-corrected chi connectivity index (χ3v) is 6.80. The Balaban J connectivity index is 1.69. The van der Waals surface area contributed by atoms with Gasteiger partial charge in [-0.3, -0.25) is 0 Å². The molecule has 0 saturated heterocycles. The lowest BCUT2D eigenvalue weighted by Crippen LogP contribution is -2.06. The highest BCUT2D eigenvalue weighted by atomic mass is 16.5. The van der Waals surface area contributed by atoms with E-state index in [1.807, 2.05) is 24.3 Å². The Labute approximate surface area is 219 Å². The molecule has 3 aromatic heterocycles. The van der Waals surface area contributed by atoms with E-state index in [1.54, 1.807) is 0 Å². The number of nitrogens with zero attached hydrogens (tertiary/aromatic N) is 5.